The molecule has 0 saturated carbocycles. The van der Waals surface area contributed by atoms with Crippen molar-refractivity contribution in [1.29, 1.82) is 0 Å². The summed E-state index contributed by atoms with van der Waals surface area (Å²) >= 11 is 1.49. The second-order valence-electron chi connectivity index (χ2n) is 7.31. The lowest BCUT2D eigenvalue weighted by molar-refractivity contribution is -0.148. The number of aromatic nitrogens is 2. The first kappa shape index (κ1) is 20.0. The van der Waals surface area contributed by atoms with Gasteiger partial charge in [0.25, 0.3) is 5.56 Å². The first-order valence-electron chi connectivity index (χ1n) is 9.73. The van der Waals surface area contributed by atoms with Gasteiger partial charge >= 0.3 is 5.97 Å². The minimum absolute atomic E-state index is 0.167. The number of carbonyl (C=O) groups excluding carboxylic acids is 1. The number of thiophene rings is 1. The van der Waals surface area contributed by atoms with Crippen LogP contribution in [0.5, 0.6) is 0 Å². The molecule has 0 N–H and O–H groups in total. The molecule has 30 heavy (non-hydrogen) atoms. The van der Waals surface area contributed by atoms with E-state index < -0.39 is 12.0 Å². The van der Waals surface area contributed by atoms with Crippen LogP contribution in [0.25, 0.3) is 21.3 Å². The number of aryl methyl sites for hydroxylation is 2. The highest BCUT2D eigenvalue weighted by molar-refractivity contribution is 7.19. The molecule has 0 bridgehead atoms. The van der Waals surface area contributed by atoms with Crippen LogP contribution in [0.1, 0.15) is 29.0 Å². The zero-order chi connectivity index (χ0) is 21.3. The summed E-state index contributed by atoms with van der Waals surface area (Å²) in [7, 11) is 0. The summed E-state index contributed by atoms with van der Waals surface area (Å²) in [5.41, 5.74) is 3.67. The molecule has 0 aliphatic heterocycles. The SMILES string of the molecule is Cc1ccc(-c2c(C)sc3ncn(C(C)C(=O)OCc4ccccc4)c(=O)c23)cc1. The molecule has 4 aromatic rings. The highest BCUT2D eigenvalue weighted by Gasteiger charge is 2.22. The van der Waals surface area contributed by atoms with Crippen LogP contribution in [0, 0.1) is 13.8 Å². The highest BCUT2D eigenvalue weighted by atomic mass is 32.1. The number of rotatable bonds is 5. The third-order valence-electron chi connectivity index (χ3n) is 5.14. The van der Waals surface area contributed by atoms with Crippen LogP contribution in [0.4, 0.5) is 0 Å². The first-order chi connectivity index (χ1) is 14.5. The number of benzene rings is 2. The molecule has 2 aromatic heterocycles. The van der Waals surface area contributed by atoms with Gasteiger partial charge in [0.1, 0.15) is 17.5 Å². The molecule has 0 amide bonds. The molecule has 2 heterocycles. The van der Waals surface area contributed by atoms with Crippen molar-refractivity contribution in [3.63, 3.8) is 0 Å². The second kappa shape index (κ2) is 8.24. The van der Waals surface area contributed by atoms with E-state index >= 15 is 0 Å². The van der Waals surface area contributed by atoms with Crippen molar-refractivity contribution in [2.45, 2.75) is 33.4 Å². The fourth-order valence-corrected chi connectivity index (χ4v) is 4.43. The third-order valence-corrected chi connectivity index (χ3v) is 6.15. The van der Waals surface area contributed by atoms with Gasteiger partial charge in [0.15, 0.2) is 0 Å². The molecule has 1 atom stereocenters. The quantitative estimate of drug-likeness (QED) is 0.426. The maximum Gasteiger partial charge on any atom is 0.329 e. The fraction of sp³-hybridized carbons (Fsp3) is 0.208. The fourth-order valence-electron chi connectivity index (χ4n) is 3.42. The minimum atomic E-state index is -0.774. The average molecular weight is 419 g/mol. The summed E-state index contributed by atoms with van der Waals surface area (Å²) < 4.78 is 6.78. The zero-order valence-corrected chi connectivity index (χ0v) is 17.9. The Labute approximate surface area is 178 Å². The number of ether oxygens (including phenoxy) is 1. The Bertz CT molecular complexity index is 1260. The van der Waals surface area contributed by atoms with Gasteiger partial charge in [-0.05, 0) is 31.9 Å². The zero-order valence-electron chi connectivity index (χ0n) is 17.1. The second-order valence-corrected chi connectivity index (χ2v) is 8.51. The lowest BCUT2D eigenvalue weighted by Crippen LogP contribution is -2.29. The number of carbonyl (C=O) groups is 1. The molecule has 152 valence electrons. The lowest BCUT2D eigenvalue weighted by Gasteiger charge is -2.14. The van der Waals surface area contributed by atoms with Crippen LogP contribution < -0.4 is 5.56 Å². The molecule has 6 heteroatoms. The molecule has 0 radical (unpaired) electrons. The van der Waals surface area contributed by atoms with Crippen molar-refractivity contribution in [3.8, 4) is 11.1 Å². The van der Waals surface area contributed by atoms with Gasteiger partial charge in [0, 0.05) is 10.4 Å². The number of nitrogens with zero attached hydrogens (tertiary/aromatic N) is 2. The first-order valence-corrected chi connectivity index (χ1v) is 10.5. The van der Waals surface area contributed by atoms with Gasteiger partial charge in [-0.2, -0.15) is 0 Å². The summed E-state index contributed by atoms with van der Waals surface area (Å²) in [4.78, 5) is 32.1. The Balaban J connectivity index is 1.69. The molecule has 0 aliphatic rings. The highest BCUT2D eigenvalue weighted by Crippen LogP contribution is 2.35. The van der Waals surface area contributed by atoms with E-state index in [0.29, 0.717) is 10.2 Å². The van der Waals surface area contributed by atoms with Crippen molar-refractivity contribution in [3.05, 3.63) is 87.3 Å². The van der Waals surface area contributed by atoms with Crippen molar-refractivity contribution in [1.82, 2.24) is 9.55 Å². The molecule has 0 fully saturated rings. The maximum atomic E-state index is 13.3. The van der Waals surface area contributed by atoms with Crippen molar-refractivity contribution >= 4 is 27.5 Å². The molecule has 2 aromatic carbocycles. The summed E-state index contributed by atoms with van der Waals surface area (Å²) in [6, 6.07) is 16.8. The molecule has 1 unspecified atom stereocenters. The Morgan fingerprint density at radius 2 is 1.80 bits per heavy atom. The standard InChI is InChI=1S/C24H22N2O3S/c1-15-9-11-19(12-10-15)20-17(3)30-22-21(20)23(27)26(14-25-22)16(2)24(28)29-13-18-7-5-4-6-8-18/h4-12,14,16H,13H2,1-3H3. The van der Waals surface area contributed by atoms with E-state index in [0.717, 1.165) is 27.1 Å². The number of esters is 1. The van der Waals surface area contributed by atoms with Crippen LogP contribution in [-0.2, 0) is 16.1 Å². The average Bonchev–Trinajstić information content (AvgIpc) is 3.10. The van der Waals surface area contributed by atoms with Gasteiger partial charge in [0.05, 0.1) is 11.7 Å². The molecule has 5 nitrogen and oxygen atoms in total. The van der Waals surface area contributed by atoms with E-state index in [2.05, 4.69) is 4.98 Å². The van der Waals surface area contributed by atoms with Crippen LogP contribution in [0.3, 0.4) is 0 Å². The van der Waals surface area contributed by atoms with Gasteiger partial charge in [-0.3, -0.25) is 9.36 Å². The number of fused-ring (bicyclic) bond motifs is 1. The maximum absolute atomic E-state index is 13.3. The molecule has 0 saturated heterocycles. The van der Waals surface area contributed by atoms with Gasteiger partial charge < -0.3 is 4.74 Å². The third kappa shape index (κ3) is 3.78. The van der Waals surface area contributed by atoms with Crippen LogP contribution in [-0.4, -0.2) is 15.5 Å². The van der Waals surface area contributed by atoms with Crippen LogP contribution in [0.15, 0.2) is 65.7 Å². The van der Waals surface area contributed by atoms with Gasteiger partial charge in [-0.15, -0.1) is 11.3 Å². The summed E-state index contributed by atoms with van der Waals surface area (Å²) in [5, 5.41) is 0.548. The van der Waals surface area contributed by atoms with Crippen LogP contribution >= 0.6 is 11.3 Å². The van der Waals surface area contributed by atoms with E-state index in [1.54, 1.807) is 6.92 Å². The minimum Gasteiger partial charge on any atom is -0.459 e. The van der Waals surface area contributed by atoms with Crippen molar-refractivity contribution in [2.24, 2.45) is 0 Å². The van der Waals surface area contributed by atoms with Crippen molar-refractivity contribution < 1.29 is 9.53 Å². The number of hydrogen-bond acceptors (Lipinski definition) is 5. The van der Waals surface area contributed by atoms with Crippen LogP contribution in [0.2, 0.25) is 0 Å². The summed E-state index contributed by atoms with van der Waals surface area (Å²) in [6.45, 7) is 5.84. The smallest absolute Gasteiger partial charge is 0.329 e. The number of hydrogen-bond donors (Lipinski definition) is 0. The molecule has 0 spiro atoms. The molecule has 4 rings (SSSR count). The van der Waals surface area contributed by atoms with Crippen molar-refractivity contribution in [2.75, 3.05) is 0 Å². The Kier molecular flexibility index (Phi) is 5.50. The van der Waals surface area contributed by atoms with E-state index in [1.807, 2.05) is 68.4 Å². The lowest BCUT2D eigenvalue weighted by atomic mass is 10.0. The van der Waals surface area contributed by atoms with E-state index in [4.69, 9.17) is 4.74 Å². The van der Waals surface area contributed by atoms with E-state index in [1.165, 1.54) is 22.2 Å². The van der Waals surface area contributed by atoms with Gasteiger partial charge in [0.2, 0.25) is 0 Å². The normalized spacial score (nSPS) is 12.1. The van der Waals surface area contributed by atoms with Gasteiger partial charge in [-0.25, -0.2) is 9.78 Å². The van der Waals surface area contributed by atoms with E-state index in [9.17, 15) is 9.59 Å². The summed E-state index contributed by atoms with van der Waals surface area (Å²) in [5.74, 6) is -0.467. The topological polar surface area (TPSA) is 61.2 Å². The van der Waals surface area contributed by atoms with Gasteiger partial charge in [-0.1, -0.05) is 60.2 Å². The summed E-state index contributed by atoms with van der Waals surface area (Å²) in [6.07, 6.45) is 1.44. The molecular weight excluding hydrogens is 396 g/mol. The Morgan fingerprint density at radius 1 is 1.10 bits per heavy atom. The Morgan fingerprint density at radius 3 is 2.50 bits per heavy atom. The predicted octanol–water partition coefficient (Wildman–Crippen LogP) is 5.05. The van der Waals surface area contributed by atoms with E-state index in [-0.39, 0.29) is 12.2 Å². The largest absolute Gasteiger partial charge is 0.459 e. The molecule has 0 aliphatic carbocycles. The molecular formula is C24H22N2O3S. The monoisotopic (exact) mass is 418 g/mol. The Hall–Kier alpha value is -3.25. The predicted molar refractivity (Wildman–Crippen MR) is 120 cm³/mol.